The van der Waals surface area contributed by atoms with E-state index in [4.69, 9.17) is 4.74 Å². The summed E-state index contributed by atoms with van der Waals surface area (Å²) >= 11 is 0. The molecule has 2 heterocycles. The predicted molar refractivity (Wildman–Crippen MR) is 155 cm³/mol. The summed E-state index contributed by atoms with van der Waals surface area (Å²) in [6.45, 7) is 0.949. The second-order valence-corrected chi connectivity index (χ2v) is 9.82. The van der Waals surface area contributed by atoms with Gasteiger partial charge in [0.2, 0.25) is 0 Å². The van der Waals surface area contributed by atoms with Crippen molar-refractivity contribution < 1.29 is 14.3 Å². The number of H-pyrrole nitrogens is 1. The summed E-state index contributed by atoms with van der Waals surface area (Å²) in [6, 6.07) is 40.6. The number of anilines is 1. The number of aromatic nitrogens is 1. The zero-order chi connectivity index (χ0) is 27.3. The Bertz CT molecular complexity index is 1590. The molecule has 6 rings (SSSR count). The number of urea groups is 1. The van der Waals surface area contributed by atoms with Gasteiger partial charge in [0.15, 0.2) is 0 Å². The molecule has 198 valence electrons. The average Bonchev–Trinajstić information content (AvgIpc) is 3.45. The Morgan fingerprint density at radius 2 is 1.23 bits per heavy atom. The van der Waals surface area contributed by atoms with Crippen LogP contribution in [0.1, 0.15) is 44.5 Å². The van der Waals surface area contributed by atoms with E-state index in [9.17, 15) is 9.59 Å². The standard InChI is InChI=1S/C34H29N3O3/c38-33(40-24-27-17-9-3-10-18-27)29-21-30-31(35-29)32(28-19-11-4-12-20-28)37(23-26-15-7-2-8-16-26)34(39)36(30)22-25-13-5-1-6-14-25/h1-21,32,35H,22-24H2. The van der Waals surface area contributed by atoms with Gasteiger partial charge in [0, 0.05) is 6.54 Å². The molecule has 6 nitrogen and oxygen atoms in total. The van der Waals surface area contributed by atoms with Gasteiger partial charge in [-0.2, -0.15) is 0 Å². The van der Waals surface area contributed by atoms with Crippen molar-refractivity contribution >= 4 is 17.7 Å². The largest absolute Gasteiger partial charge is 0.456 e. The third kappa shape index (κ3) is 5.24. The van der Waals surface area contributed by atoms with Crippen molar-refractivity contribution in [1.29, 1.82) is 0 Å². The molecule has 5 aromatic rings. The summed E-state index contributed by atoms with van der Waals surface area (Å²) in [7, 11) is 0. The first-order valence-electron chi connectivity index (χ1n) is 13.3. The molecule has 1 unspecified atom stereocenters. The lowest BCUT2D eigenvalue weighted by Crippen LogP contribution is -2.49. The van der Waals surface area contributed by atoms with Crippen LogP contribution in [0.4, 0.5) is 10.5 Å². The smallest absolute Gasteiger partial charge is 0.355 e. The van der Waals surface area contributed by atoms with Crippen LogP contribution in [0, 0.1) is 0 Å². The van der Waals surface area contributed by atoms with Crippen molar-refractivity contribution in [3.05, 3.63) is 161 Å². The fraction of sp³-hybridized carbons (Fsp3) is 0.118. The highest BCUT2D eigenvalue weighted by Gasteiger charge is 2.40. The number of nitrogens with zero attached hydrogens (tertiary/aromatic N) is 2. The van der Waals surface area contributed by atoms with Crippen molar-refractivity contribution in [1.82, 2.24) is 9.88 Å². The molecule has 4 aromatic carbocycles. The topological polar surface area (TPSA) is 65.6 Å². The number of hydrogen-bond acceptors (Lipinski definition) is 3. The van der Waals surface area contributed by atoms with Crippen LogP contribution >= 0.6 is 0 Å². The third-order valence-corrected chi connectivity index (χ3v) is 7.11. The molecule has 40 heavy (non-hydrogen) atoms. The maximum absolute atomic E-state index is 14.3. The molecule has 0 aliphatic carbocycles. The molecule has 1 aromatic heterocycles. The first kappa shape index (κ1) is 25.2. The number of fused-ring (bicyclic) bond motifs is 1. The van der Waals surface area contributed by atoms with Gasteiger partial charge in [0.1, 0.15) is 18.3 Å². The quantitative estimate of drug-likeness (QED) is 0.219. The van der Waals surface area contributed by atoms with Crippen molar-refractivity contribution in [2.75, 3.05) is 4.90 Å². The predicted octanol–water partition coefficient (Wildman–Crippen LogP) is 7.10. The van der Waals surface area contributed by atoms with Crippen LogP contribution in [-0.4, -0.2) is 21.9 Å². The van der Waals surface area contributed by atoms with Gasteiger partial charge < -0.3 is 14.6 Å². The molecule has 0 radical (unpaired) electrons. The van der Waals surface area contributed by atoms with E-state index in [-0.39, 0.29) is 12.6 Å². The molecule has 1 aliphatic heterocycles. The van der Waals surface area contributed by atoms with Gasteiger partial charge in [-0.15, -0.1) is 0 Å². The Hall–Kier alpha value is -5.10. The monoisotopic (exact) mass is 527 g/mol. The lowest BCUT2D eigenvalue weighted by atomic mass is 9.97. The Kier molecular flexibility index (Phi) is 7.14. The Morgan fingerprint density at radius 1 is 0.700 bits per heavy atom. The van der Waals surface area contributed by atoms with Crippen LogP contribution in [-0.2, 0) is 24.4 Å². The van der Waals surface area contributed by atoms with E-state index in [1.807, 2.05) is 126 Å². The molecule has 2 amide bonds. The van der Waals surface area contributed by atoms with Crippen molar-refractivity contribution in [2.24, 2.45) is 0 Å². The number of carbonyl (C=O) groups is 2. The van der Waals surface area contributed by atoms with Crippen LogP contribution < -0.4 is 4.90 Å². The zero-order valence-corrected chi connectivity index (χ0v) is 21.9. The van der Waals surface area contributed by atoms with Crippen LogP contribution in [0.2, 0.25) is 0 Å². The molecule has 0 spiro atoms. The van der Waals surface area contributed by atoms with E-state index in [0.717, 1.165) is 27.9 Å². The molecule has 0 fully saturated rings. The maximum atomic E-state index is 14.3. The van der Waals surface area contributed by atoms with Gasteiger partial charge >= 0.3 is 12.0 Å². The molecule has 0 bridgehead atoms. The Balaban J connectivity index is 1.42. The highest BCUT2D eigenvalue weighted by molar-refractivity contribution is 5.98. The summed E-state index contributed by atoms with van der Waals surface area (Å²) in [6.07, 6.45) is 0. The number of esters is 1. The number of amides is 2. The van der Waals surface area contributed by atoms with Gasteiger partial charge in [-0.3, -0.25) is 4.90 Å². The normalized spacial score (nSPS) is 14.6. The van der Waals surface area contributed by atoms with Crippen molar-refractivity contribution in [2.45, 2.75) is 25.7 Å². The number of carbonyl (C=O) groups excluding carboxylic acids is 2. The molecular formula is C34H29N3O3. The van der Waals surface area contributed by atoms with Gasteiger partial charge in [0.05, 0.1) is 17.9 Å². The summed E-state index contributed by atoms with van der Waals surface area (Å²) in [5.41, 5.74) is 5.66. The molecule has 0 saturated carbocycles. The number of rotatable bonds is 8. The lowest BCUT2D eigenvalue weighted by molar-refractivity contribution is 0.0466. The van der Waals surface area contributed by atoms with E-state index >= 15 is 0 Å². The van der Waals surface area contributed by atoms with Gasteiger partial charge in [0.25, 0.3) is 0 Å². The van der Waals surface area contributed by atoms with Crippen LogP contribution in [0.15, 0.2) is 127 Å². The second-order valence-electron chi connectivity index (χ2n) is 9.82. The minimum atomic E-state index is -0.466. The zero-order valence-electron chi connectivity index (χ0n) is 21.9. The molecule has 1 N–H and O–H groups in total. The lowest BCUT2D eigenvalue weighted by Gasteiger charge is -2.41. The summed E-state index contributed by atoms with van der Waals surface area (Å²) < 4.78 is 5.65. The second kappa shape index (κ2) is 11.3. The van der Waals surface area contributed by atoms with E-state index < -0.39 is 12.0 Å². The van der Waals surface area contributed by atoms with Gasteiger partial charge in [-0.05, 0) is 28.3 Å². The first-order valence-corrected chi connectivity index (χ1v) is 13.3. The summed E-state index contributed by atoms with van der Waals surface area (Å²) in [5, 5.41) is 0. The fourth-order valence-corrected chi connectivity index (χ4v) is 5.17. The summed E-state index contributed by atoms with van der Waals surface area (Å²) in [5.74, 6) is -0.466. The molecule has 6 heteroatoms. The molecule has 1 atom stereocenters. The SMILES string of the molecule is O=C(OCc1ccccc1)c1cc2c([nH]1)C(c1ccccc1)N(Cc1ccccc1)C(=O)N2Cc1ccccc1. The minimum absolute atomic E-state index is 0.128. The number of aromatic amines is 1. The van der Waals surface area contributed by atoms with E-state index in [1.54, 1.807) is 11.0 Å². The van der Waals surface area contributed by atoms with E-state index in [2.05, 4.69) is 4.98 Å². The maximum Gasteiger partial charge on any atom is 0.355 e. The Labute approximate surface area is 233 Å². The van der Waals surface area contributed by atoms with Gasteiger partial charge in [-0.1, -0.05) is 121 Å². The Morgan fingerprint density at radius 3 is 1.82 bits per heavy atom. The third-order valence-electron chi connectivity index (χ3n) is 7.11. The van der Waals surface area contributed by atoms with Crippen LogP contribution in [0.5, 0.6) is 0 Å². The fourth-order valence-electron chi connectivity index (χ4n) is 5.17. The van der Waals surface area contributed by atoms with Crippen molar-refractivity contribution in [3.8, 4) is 0 Å². The highest BCUT2D eigenvalue weighted by Crippen LogP contribution is 2.42. The first-order chi connectivity index (χ1) is 19.7. The number of hydrogen-bond donors (Lipinski definition) is 1. The van der Waals surface area contributed by atoms with Crippen LogP contribution in [0.25, 0.3) is 0 Å². The van der Waals surface area contributed by atoms with Crippen molar-refractivity contribution in [3.63, 3.8) is 0 Å². The minimum Gasteiger partial charge on any atom is -0.456 e. The van der Waals surface area contributed by atoms with Gasteiger partial charge in [-0.25, -0.2) is 9.59 Å². The molecule has 0 saturated heterocycles. The number of ether oxygens (including phenoxy) is 1. The number of benzene rings is 4. The average molecular weight is 528 g/mol. The highest BCUT2D eigenvalue weighted by atomic mass is 16.5. The number of nitrogens with one attached hydrogen (secondary N) is 1. The molecular weight excluding hydrogens is 498 g/mol. The van der Waals surface area contributed by atoms with Crippen LogP contribution in [0.3, 0.4) is 0 Å². The summed E-state index contributed by atoms with van der Waals surface area (Å²) in [4.78, 5) is 34.5. The van der Waals surface area contributed by atoms with E-state index in [1.165, 1.54) is 0 Å². The van der Waals surface area contributed by atoms with E-state index in [0.29, 0.717) is 24.5 Å². The molecule has 1 aliphatic rings.